The summed E-state index contributed by atoms with van der Waals surface area (Å²) in [5, 5.41) is 4.36. The van der Waals surface area contributed by atoms with E-state index >= 15 is 0 Å². The highest BCUT2D eigenvalue weighted by Gasteiger charge is 2.52. The van der Waals surface area contributed by atoms with E-state index in [-0.39, 0.29) is 22.9 Å². The van der Waals surface area contributed by atoms with Crippen LogP contribution in [0.25, 0.3) is 0 Å². The molecule has 1 saturated heterocycles. The van der Waals surface area contributed by atoms with Crippen molar-refractivity contribution in [3.63, 3.8) is 0 Å². The molecule has 4 amide bonds. The van der Waals surface area contributed by atoms with Crippen LogP contribution >= 0.6 is 17.0 Å². The number of nitrogens with one attached hydrogen (secondary N) is 2. The van der Waals surface area contributed by atoms with E-state index in [4.69, 9.17) is 0 Å². The van der Waals surface area contributed by atoms with Gasteiger partial charge >= 0.3 is 6.03 Å². The molecule has 0 aromatic rings. The predicted octanol–water partition coefficient (Wildman–Crippen LogP) is 1.76. The maximum atomic E-state index is 11.9. The quantitative estimate of drug-likeness (QED) is 0.777. The van der Waals surface area contributed by atoms with Crippen molar-refractivity contribution in [2.45, 2.75) is 40.0 Å². The minimum absolute atomic E-state index is 0. The van der Waals surface area contributed by atoms with Gasteiger partial charge in [0.15, 0.2) is 0 Å². The lowest BCUT2D eigenvalue weighted by Gasteiger charge is -2.37. The first kappa shape index (κ1) is 16.1. The summed E-state index contributed by atoms with van der Waals surface area (Å²) < 4.78 is 0. The molecule has 1 fully saturated rings. The van der Waals surface area contributed by atoms with E-state index in [1.165, 1.54) is 0 Å². The van der Waals surface area contributed by atoms with Gasteiger partial charge in [-0.2, -0.15) is 0 Å². The van der Waals surface area contributed by atoms with Gasteiger partial charge in [-0.05, 0) is 18.8 Å². The Morgan fingerprint density at radius 2 is 1.59 bits per heavy atom. The number of halogens is 1. The van der Waals surface area contributed by atoms with E-state index in [1.807, 2.05) is 13.8 Å². The molecule has 98 valence electrons. The van der Waals surface area contributed by atoms with Gasteiger partial charge in [0.25, 0.3) is 0 Å². The molecule has 17 heavy (non-hydrogen) atoms. The second kappa shape index (κ2) is 6.14. The SMILES string of the molecule is Br.CCCC(C)C1(CC)C(=O)NC(=O)NC1=O. The zero-order chi connectivity index (χ0) is 12.3. The summed E-state index contributed by atoms with van der Waals surface area (Å²) in [7, 11) is 0. The largest absolute Gasteiger partial charge is 0.328 e. The number of carbonyl (C=O) groups is 3. The molecule has 0 spiro atoms. The van der Waals surface area contributed by atoms with Crippen LogP contribution in [0.15, 0.2) is 0 Å². The molecule has 0 aliphatic carbocycles. The van der Waals surface area contributed by atoms with E-state index in [1.54, 1.807) is 6.92 Å². The van der Waals surface area contributed by atoms with E-state index < -0.39 is 23.3 Å². The van der Waals surface area contributed by atoms with Crippen molar-refractivity contribution in [2.24, 2.45) is 11.3 Å². The summed E-state index contributed by atoms with van der Waals surface area (Å²) in [5.41, 5.74) is -1.09. The van der Waals surface area contributed by atoms with Gasteiger partial charge in [0.2, 0.25) is 11.8 Å². The van der Waals surface area contributed by atoms with Crippen LogP contribution in [-0.2, 0) is 9.59 Å². The second-order valence-corrected chi connectivity index (χ2v) is 4.25. The molecule has 5 nitrogen and oxygen atoms in total. The zero-order valence-electron chi connectivity index (χ0n) is 10.3. The number of amides is 4. The Balaban J connectivity index is 0.00000256. The number of carbonyl (C=O) groups excluding carboxylic acids is 3. The van der Waals surface area contributed by atoms with Crippen LogP contribution in [0.4, 0.5) is 4.79 Å². The normalized spacial score (nSPS) is 20.1. The minimum atomic E-state index is -1.09. The van der Waals surface area contributed by atoms with Crippen LogP contribution in [0.2, 0.25) is 0 Å². The Morgan fingerprint density at radius 1 is 1.12 bits per heavy atom. The van der Waals surface area contributed by atoms with Gasteiger partial charge < -0.3 is 0 Å². The van der Waals surface area contributed by atoms with Crippen molar-refractivity contribution in [1.82, 2.24) is 10.6 Å². The van der Waals surface area contributed by atoms with Gasteiger partial charge in [-0.25, -0.2) is 4.79 Å². The lowest BCUT2D eigenvalue weighted by Crippen LogP contribution is -2.64. The number of urea groups is 1. The van der Waals surface area contributed by atoms with Gasteiger partial charge in [0.1, 0.15) is 5.41 Å². The van der Waals surface area contributed by atoms with Crippen molar-refractivity contribution < 1.29 is 14.4 Å². The third-order valence-corrected chi connectivity index (χ3v) is 3.39. The molecule has 0 aromatic heterocycles. The van der Waals surface area contributed by atoms with Crippen molar-refractivity contribution in [3.8, 4) is 0 Å². The molecular weight excluding hydrogens is 288 g/mol. The Hall–Kier alpha value is -0.910. The maximum absolute atomic E-state index is 11.9. The molecule has 0 radical (unpaired) electrons. The molecule has 1 heterocycles. The summed E-state index contributed by atoms with van der Waals surface area (Å²) in [5.74, 6) is -1.01. The number of hydrogen-bond donors (Lipinski definition) is 2. The topological polar surface area (TPSA) is 75.3 Å². The van der Waals surface area contributed by atoms with Gasteiger partial charge in [0.05, 0.1) is 0 Å². The lowest BCUT2D eigenvalue weighted by molar-refractivity contribution is -0.148. The molecular formula is C11H19BrN2O3. The van der Waals surface area contributed by atoms with Gasteiger partial charge in [-0.15, -0.1) is 17.0 Å². The fourth-order valence-electron chi connectivity index (χ4n) is 2.36. The molecule has 6 heteroatoms. The van der Waals surface area contributed by atoms with Crippen LogP contribution in [0.3, 0.4) is 0 Å². The third-order valence-electron chi connectivity index (χ3n) is 3.39. The molecule has 1 atom stereocenters. The summed E-state index contributed by atoms with van der Waals surface area (Å²) in [6.07, 6.45) is 2.08. The maximum Gasteiger partial charge on any atom is 0.328 e. The summed E-state index contributed by atoms with van der Waals surface area (Å²) in [4.78, 5) is 34.8. The molecule has 0 bridgehead atoms. The highest BCUT2D eigenvalue weighted by Crippen LogP contribution is 2.36. The van der Waals surface area contributed by atoms with E-state index in [2.05, 4.69) is 10.6 Å². The zero-order valence-corrected chi connectivity index (χ0v) is 12.0. The fourth-order valence-corrected chi connectivity index (χ4v) is 2.36. The smallest absolute Gasteiger partial charge is 0.277 e. The van der Waals surface area contributed by atoms with Crippen molar-refractivity contribution in [2.75, 3.05) is 0 Å². The first-order valence-corrected chi connectivity index (χ1v) is 5.65. The summed E-state index contributed by atoms with van der Waals surface area (Å²) in [6.45, 7) is 5.67. The Kier molecular flexibility index (Phi) is 5.81. The Morgan fingerprint density at radius 3 is 1.94 bits per heavy atom. The standard InChI is InChI=1S/C11H18N2O3.BrH/c1-4-6-7(3)11(5-2)8(14)12-10(16)13-9(11)15;/h7H,4-6H2,1-3H3,(H2,12,13,14,15,16);1H. The highest BCUT2D eigenvalue weighted by atomic mass is 79.9. The molecule has 0 aromatic carbocycles. The Labute approximate surface area is 111 Å². The average molecular weight is 307 g/mol. The van der Waals surface area contributed by atoms with Gasteiger partial charge in [0, 0.05) is 0 Å². The molecule has 0 saturated carbocycles. The fraction of sp³-hybridized carbons (Fsp3) is 0.727. The van der Waals surface area contributed by atoms with E-state index in [0.717, 1.165) is 12.8 Å². The van der Waals surface area contributed by atoms with Crippen molar-refractivity contribution in [3.05, 3.63) is 0 Å². The van der Waals surface area contributed by atoms with Gasteiger partial charge in [-0.1, -0.05) is 27.2 Å². The molecule has 1 aliphatic heterocycles. The molecule has 1 unspecified atom stereocenters. The van der Waals surface area contributed by atoms with E-state index in [0.29, 0.717) is 6.42 Å². The number of imide groups is 2. The predicted molar refractivity (Wildman–Crippen MR) is 68.8 cm³/mol. The highest BCUT2D eigenvalue weighted by molar-refractivity contribution is 8.93. The van der Waals surface area contributed by atoms with Crippen molar-refractivity contribution >= 4 is 34.8 Å². The monoisotopic (exact) mass is 306 g/mol. The van der Waals surface area contributed by atoms with Gasteiger partial charge in [-0.3, -0.25) is 20.2 Å². The van der Waals surface area contributed by atoms with Crippen LogP contribution in [0, 0.1) is 11.3 Å². The second-order valence-electron chi connectivity index (χ2n) is 4.25. The molecule has 1 aliphatic rings. The lowest BCUT2D eigenvalue weighted by atomic mass is 9.70. The number of barbiturate groups is 1. The summed E-state index contributed by atoms with van der Waals surface area (Å²) in [6, 6.07) is -0.720. The molecule has 2 N–H and O–H groups in total. The minimum Gasteiger partial charge on any atom is -0.277 e. The average Bonchev–Trinajstić information content (AvgIpc) is 2.18. The van der Waals surface area contributed by atoms with Crippen LogP contribution in [0.1, 0.15) is 40.0 Å². The van der Waals surface area contributed by atoms with Crippen LogP contribution in [0.5, 0.6) is 0 Å². The number of rotatable bonds is 4. The number of hydrogen-bond acceptors (Lipinski definition) is 3. The van der Waals surface area contributed by atoms with Crippen LogP contribution < -0.4 is 10.6 Å². The van der Waals surface area contributed by atoms with Crippen LogP contribution in [-0.4, -0.2) is 17.8 Å². The van der Waals surface area contributed by atoms with Crippen molar-refractivity contribution in [1.29, 1.82) is 0 Å². The summed E-state index contributed by atoms with van der Waals surface area (Å²) >= 11 is 0. The Bertz CT molecular complexity index is 311. The van der Waals surface area contributed by atoms with E-state index in [9.17, 15) is 14.4 Å². The molecule has 1 rings (SSSR count). The first-order valence-electron chi connectivity index (χ1n) is 5.65. The first-order chi connectivity index (χ1) is 7.48. The third kappa shape index (κ3) is 2.68.